The fourth-order valence-electron chi connectivity index (χ4n) is 4.46. The van der Waals surface area contributed by atoms with Gasteiger partial charge in [0, 0.05) is 13.3 Å². The van der Waals surface area contributed by atoms with Crippen molar-refractivity contribution in [3.63, 3.8) is 0 Å². The average molecular weight is 421 g/mol. The van der Waals surface area contributed by atoms with Crippen molar-refractivity contribution in [2.45, 2.75) is 117 Å². The third-order valence-electron chi connectivity index (χ3n) is 6.51. The highest BCUT2D eigenvalue weighted by Gasteiger charge is 2.36. The molecule has 1 amide bonds. The van der Waals surface area contributed by atoms with Crippen LogP contribution in [-0.4, -0.2) is 36.2 Å². The summed E-state index contributed by atoms with van der Waals surface area (Å²) in [5.74, 6) is 0.0633. The fourth-order valence-corrected chi connectivity index (χ4v) is 4.46. The van der Waals surface area contributed by atoms with Crippen LogP contribution < -0.4 is 10.6 Å². The van der Waals surface area contributed by atoms with Crippen molar-refractivity contribution < 1.29 is 9.28 Å². The molecule has 0 saturated heterocycles. The Morgan fingerprint density at radius 2 is 1.53 bits per heavy atom. The summed E-state index contributed by atoms with van der Waals surface area (Å²) in [6.45, 7) is 8.90. The first-order chi connectivity index (χ1) is 14.6. The summed E-state index contributed by atoms with van der Waals surface area (Å²) in [5.41, 5.74) is 0. The van der Waals surface area contributed by atoms with Crippen LogP contribution in [0.1, 0.15) is 111 Å². The third kappa shape index (κ3) is 11.8. The molecule has 1 aliphatic rings. The van der Waals surface area contributed by atoms with Gasteiger partial charge in [-0.2, -0.15) is 0 Å². The van der Waals surface area contributed by atoms with Gasteiger partial charge in [0.05, 0.1) is 19.3 Å². The van der Waals surface area contributed by atoms with Crippen LogP contribution in [0.15, 0.2) is 24.6 Å². The smallest absolute Gasteiger partial charge is 0.217 e. The van der Waals surface area contributed by atoms with E-state index in [1.165, 1.54) is 89.9 Å². The van der Waals surface area contributed by atoms with Crippen LogP contribution in [0.4, 0.5) is 0 Å². The van der Waals surface area contributed by atoms with E-state index in [4.69, 9.17) is 0 Å². The van der Waals surface area contributed by atoms with Crippen LogP contribution >= 0.6 is 0 Å². The minimum absolute atomic E-state index is 0.0633. The zero-order valence-electron chi connectivity index (χ0n) is 20.3. The number of carbonyl (C=O) groups excluding carboxylic acids is 1. The number of likely N-dealkylation sites (N-methyl/N-ethyl adjacent to an activating group) is 1. The standard InChI is InChI=1S/C26H49N3O/c1-4-6-7-8-9-10-11-12-13-14-15-16-17-18-19-20-26-28-22-24-29(26,5-2)23-21-27-25(3)30/h13-14,22,24,26,28H,4-12,15-21,23H2,1-3H3/p+1/b14-13+. The van der Waals surface area contributed by atoms with Crippen molar-refractivity contribution >= 4 is 5.91 Å². The first kappa shape index (κ1) is 26.7. The minimum Gasteiger partial charge on any atom is -0.351 e. The normalized spacial score (nSPS) is 20.7. The second-order valence-electron chi connectivity index (χ2n) is 9.00. The number of hydrogen-bond donors (Lipinski definition) is 2. The number of nitrogens with zero attached hydrogens (tertiary/aromatic N) is 1. The van der Waals surface area contributed by atoms with Crippen molar-refractivity contribution in [2.24, 2.45) is 0 Å². The summed E-state index contributed by atoms with van der Waals surface area (Å²) in [7, 11) is 0. The highest BCUT2D eigenvalue weighted by atomic mass is 16.1. The number of allylic oxidation sites excluding steroid dienone is 2. The molecule has 4 nitrogen and oxygen atoms in total. The number of carbonyl (C=O) groups is 1. The topological polar surface area (TPSA) is 41.1 Å². The predicted octanol–water partition coefficient (Wildman–Crippen LogP) is 6.40. The summed E-state index contributed by atoms with van der Waals surface area (Å²) >= 11 is 0. The van der Waals surface area contributed by atoms with E-state index in [1.54, 1.807) is 6.92 Å². The SMILES string of the molecule is CCCCCCCCC/C=C/CCCCCCC1NC=C[N+]1(CC)CCNC(C)=O. The molecule has 0 aliphatic carbocycles. The molecule has 2 N–H and O–H groups in total. The Morgan fingerprint density at radius 1 is 0.933 bits per heavy atom. The Kier molecular flexibility index (Phi) is 15.5. The van der Waals surface area contributed by atoms with Crippen LogP contribution in [0.3, 0.4) is 0 Å². The molecule has 0 aromatic rings. The van der Waals surface area contributed by atoms with E-state index in [2.05, 4.69) is 49.0 Å². The lowest BCUT2D eigenvalue weighted by Gasteiger charge is -2.37. The summed E-state index contributed by atoms with van der Waals surface area (Å²) in [6, 6.07) is 0. The van der Waals surface area contributed by atoms with Crippen LogP contribution in [0.25, 0.3) is 0 Å². The fraction of sp³-hybridized carbons (Fsp3) is 0.808. The van der Waals surface area contributed by atoms with E-state index in [1.807, 2.05) is 0 Å². The molecule has 2 unspecified atom stereocenters. The summed E-state index contributed by atoms with van der Waals surface area (Å²) < 4.78 is 0.946. The molecule has 2 atom stereocenters. The molecule has 0 radical (unpaired) electrons. The second kappa shape index (κ2) is 17.4. The lowest BCUT2D eigenvalue weighted by Crippen LogP contribution is -2.55. The Balaban J connectivity index is 2.02. The van der Waals surface area contributed by atoms with Crippen LogP contribution in [0.2, 0.25) is 0 Å². The molecular formula is C26H50N3O+. The molecule has 0 saturated carbocycles. The first-order valence-corrected chi connectivity index (χ1v) is 12.8. The minimum atomic E-state index is 0.0633. The van der Waals surface area contributed by atoms with Gasteiger partial charge in [0.2, 0.25) is 5.91 Å². The summed E-state index contributed by atoms with van der Waals surface area (Å²) in [5, 5.41) is 6.51. The van der Waals surface area contributed by atoms with Crippen molar-refractivity contribution in [1.29, 1.82) is 0 Å². The highest BCUT2D eigenvalue weighted by Crippen LogP contribution is 2.22. The lowest BCUT2D eigenvalue weighted by atomic mass is 10.1. The van der Waals surface area contributed by atoms with Crippen molar-refractivity contribution in [3.8, 4) is 0 Å². The average Bonchev–Trinajstić information content (AvgIpc) is 3.13. The molecule has 30 heavy (non-hydrogen) atoms. The zero-order chi connectivity index (χ0) is 21.9. The van der Waals surface area contributed by atoms with Gasteiger partial charge in [-0.25, -0.2) is 0 Å². The van der Waals surface area contributed by atoms with Crippen LogP contribution in [0, 0.1) is 0 Å². The maximum atomic E-state index is 11.2. The second-order valence-corrected chi connectivity index (χ2v) is 9.00. The van der Waals surface area contributed by atoms with Crippen molar-refractivity contribution in [1.82, 2.24) is 10.6 Å². The zero-order valence-corrected chi connectivity index (χ0v) is 20.3. The molecule has 1 aliphatic heterocycles. The van der Waals surface area contributed by atoms with Gasteiger partial charge in [0.15, 0.2) is 6.17 Å². The number of unbranched alkanes of at least 4 members (excludes halogenated alkanes) is 11. The molecule has 0 spiro atoms. The molecule has 0 fully saturated rings. The molecule has 0 aromatic heterocycles. The number of hydrogen-bond acceptors (Lipinski definition) is 2. The van der Waals surface area contributed by atoms with Crippen molar-refractivity contribution in [3.05, 3.63) is 24.6 Å². The maximum Gasteiger partial charge on any atom is 0.217 e. The number of rotatable bonds is 19. The Hall–Kier alpha value is -1.29. The highest BCUT2D eigenvalue weighted by molar-refractivity contribution is 5.72. The Morgan fingerprint density at radius 3 is 2.13 bits per heavy atom. The first-order valence-electron chi connectivity index (χ1n) is 12.8. The van der Waals surface area contributed by atoms with Crippen LogP contribution in [-0.2, 0) is 4.79 Å². The molecule has 0 bridgehead atoms. The third-order valence-corrected chi connectivity index (χ3v) is 6.51. The molecule has 1 heterocycles. The van der Waals surface area contributed by atoms with Gasteiger partial charge in [0.25, 0.3) is 0 Å². The number of amides is 1. The van der Waals surface area contributed by atoms with E-state index in [9.17, 15) is 4.79 Å². The Bertz CT molecular complexity index is 489. The van der Waals surface area contributed by atoms with E-state index in [0.717, 1.165) is 24.1 Å². The van der Waals surface area contributed by atoms with E-state index < -0.39 is 0 Å². The molecule has 174 valence electrons. The molecular weight excluding hydrogens is 370 g/mol. The molecule has 4 heteroatoms. The lowest BCUT2D eigenvalue weighted by molar-refractivity contribution is -0.898. The number of nitrogens with one attached hydrogen (secondary N) is 2. The predicted molar refractivity (Wildman–Crippen MR) is 130 cm³/mol. The van der Waals surface area contributed by atoms with Gasteiger partial charge in [-0.3, -0.25) is 9.28 Å². The van der Waals surface area contributed by atoms with E-state index >= 15 is 0 Å². The van der Waals surface area contributed by atoms with Gasteiger partial charge in [-0.15, -0.1) is 0 Å². The molecule has 1 rings (SSSR count). The summed E-state index contributed by atoms with van der Waals surface area (Å²) in [6.07, 6.45) is 28.4. The summed E-state index contributed by atoms with van der Waals surface area (Å²) in [4.78, 5) is 11.2. The van der Waals surface area contributed by atoms with Crippen molar-refractivity contribution in [2.75, 3.05) is 19.6 Å². The van der Waals surface area contributed by atoms with Gasteiger partial charge in [0.1, 0.15) is 12.7 Å². The maximum absolute atomic E-state index is 11.2. The monoisotopic (exact) mass is 420 g/mol. The van der Waals surface area contributed by atoms with Gasteiger partial charge >= 0.3 is 0 Å². The van der Waals surface area contributed by atoms with E-state index in [-0.39, 0.29) is 5.91 Å². The van der Waals surface area contributed by atoms with Gasteiger partial charge < -0.3 is 10.6 Å². The quantitative estimate of drug-likeness (QED) is 0.144. The number of quaternary nitrogens is 1. The Labute approximate surface area is 187 Å². The van der Waals surface area contributed by atoms with Gasteiger partial charge in [-0.1, -0.05) is 70.4 Å². The van der Waals surface area contributed by atoms with Crippen LogP contribution in [0.5, 0.6) is 0 Å². The van der Waals surface area contributed by atoms with Gasteiger partial charge in [-0.05, 0) is 39.0 Å². The van der Waals surface area contributed by atoms with E-state index in [0.29, 0.717) is 6.17 Å². The molecule has 0 aromatic carbocycles. The largest absolute Gasteiger partial charge is 0.351 e.